The third-order valence-corrected chi connectivity index (χ3v) is 4.27. The van der Waals surface area contributed by atoms with Crippen molar-refractivity contribution in [3.05, 3.63) is 35.9 Å². The summed E-state index contributed by atoms with van der Waals surface area (Å²) in [5.74, 6) is -0.129. The van der Waals surface area contributed by atoms with E-state index in [-0.39, 0.29) is 5.97 Å². The van der Waals surface area contributed by atoms with Crippen molar-refractivity contribution in [3.8, 4) is 0 Å². The normalized spacial score (nSPS) is 21.4. The molecule has 0 aromatic heterocycles. The average molecular weight is 275 g/mol. The standard InChI is InChI=1S/C16H21NO3/c18-15(20-11-14-4-2-1-3-5-14)10-17-12-16(13-17)6-8-19-9-7-16/h1-5H,6-13H2. The maximum atomic E-state index is 11.8. The molecule has 4 nitrogen and oxygen atoms in total. The summed E-state index contributed by atoms with van der Waals surface area (Å²) in [6, 6.07) is 9.79. The molecule has 4 heteroatoms. The maximum absolute atomic E-state index is 11.8. The van der Waals surface area contributed by atoms with Crippen molar-refractivity contribution in [3.63, 3.8) is 0 Å². The van der Waals surface area contributed by atoms with E-state index in [0.29, 0.717) is 18.6 Å². The summed E-state index contributed by atoms with van der Waals surface area (Å²) >= 11 is 0. The van der Waals surface area contributed by atoms with E-state index < -0.39 is 0 Å². The number of nitrogens with zero attached hydrogens (tertiary/aromatic N) is 1. The van der Waals surface area contributed by atoms with Crippen LogP contribution >= 0.6 is 0 Å². The second kappa shape index (κ2) is 5.94. The van der Waals surface area contributed by atoms with Gasteiger partial charge in [-0.3, -0.25) is 9.69 Å². The van der Waals surface area contributed by atoms with E-state index in [2.05, 4.69) is 4.90 Å². The summed E-state index contributed by atoms with van der Waals surface area (Å²) in [5, 5.41) is 0. The Morgan fingerprint density at radius 2 is 1.90 bits per heavy atom. The zero-order valence-corrected chi connectivity index (χ0v) is 11.7. The zero-order valence-electron chi connectivity index (χ0n) is 11.7. The minimum absolute atomic E-state index is 0.129. The number of hydrogen-bond donors (Lipinski definition) is 0. The molecule has 0 aliphatic carbocycles. The predicted octanol–water partition coefficient (Wildman–Crippen LogP) is 1.84. The van der Waals surface area contributed by atoms with Gasteiger partial charge in [-0.25, -0.2) is 0 Å². The van der Waals surface area contributed by atoms with Crippen LogP contribution in [0.1, 0.15) is 18.4 Å². The molecule has 2 heterocycles. The molecule has 108 valence electrons. The smallest absolute Gasteiger partial charge is 0.320 e. The molecule has 2 aliphatic rings. The van der Waals surface area contributed by atoms with E-state index in [1.54, 1.807) is 0 Å². The van der Waals surface area contributed by atoms with Crippen molar-refractivity contribution in [1.82, 2.24) is 4.90 Å². The van der Waals surface area contributed by atoms with Crippen molar-refractivity contribution in [2.45, 2.75) is 19.4 Å². The zero-order chi connectivity index (χ0) is 13.8. The van der Waals surface area contributed by atoms with Gasteiger partial charge >= 0.3 is 5.97 Å². The highest BCUT2D eigenvalue weighted by Gasteiger charge is 2.44. The van der Waals surface area contributed by atoms with Crippen LogP contribution in [0.5, 0.6) is 0 Å². The first-order chi connectivity index (χ1) is 9.76. The molecule has 1 aromatic carbocycles. The number of hydrogen-bond acceptors (Lipinski definition) is 4. The molecule has 1 aromatic rings. The van der Waals surface area contributed by atoms with Gasteiger partial charge in [0.05, 0.1) is 6.54 Å². The molecule has 0 atom stereocenters. The summed E-state index contributed by atoms with van der Waals surface area (Å²) in [7, 11) is 0. The van der Waals surface area contributed by atoms with E-state index in [0.717, 1.165) is 44.7 Å². The van der Waals surface area contributed by atoms with Gasteiger partial charge in [0.15, 0.2) is 0 Å². The van der Waals surface area contributed by atoms with Gasteiger partial charge in [-0.1, -0.05) is 30.3 Å². The molecule has 2 fully saturated rings. The Bertz CT molecular complexity index is 446. The molecule has 0 bridgehead atoms. The lowest BCUT2D eigenvalue weighted by Gasteiger charge is -2.51. The number of rotatable bonds is 4. The van der Waals surface area contributed by atoms with Gasteiger partial charge in [-0.2, -0.15) is 0 Å². The van der Waals surface area contributed by atoms with Crippen molar-refractivity contribution >= 4 is 5.97 Å². The Kier molecular flexibility index (Phi) is 4.03. The number of benzene rings is 1. The summed E-state index contributed by atoms with van der Waals surface area (Å²) in [6.07, 6.45) is 2.26. The van der Waals surface area contributed by atoms with E-state index in [1.807, 2.05) is 30.3 Å². The molecule has 2 aliphatic heterocycles. The molecular weight excluding hydrogens is 254 g/mol. The van der Waals surface area contributed by atoms with E-state index in [4.69, 9.17) is 9.47 Å². The van der Waals surface area contributed by atoms with Crippen LogP contribution in [0.25, 0.3) is 0 Å². The van der Waals surface area contributed by atoms with Gasteiger partial charge in [-0.05, 0) is 18.4 Å². The molecule has 0 radical (unpaired) electrons. The number of carbonyl (C=O) groups excluding carboxylic acids is 1. The first-order valence-corrected chi connectivity index (χ1v) is 7.25. The van der Waals surface area contributed by atoms with Crippen molar-refractivity contribution in [1.29, 1.82) is 0 Å². The molecule has 3 rings (SSSR count). The Balaban J connectivity index is 1.38. The van der Waals surface area contributed by atoms with Crippen LogP contribution in [0.3, 0.4) is 0 Å². The first-order valence-electron chi connectivity index (χ1n) is 7.25. The van der Waals surface area contributed by atoms with E-state index in [1.165, 1.54) is 0 Å². The van der Waals surface area contributed by atoms with Gasteiger partial charge in [0.1, 0.15) is 6.61 Å². The van der Waals surface area contributed by atoms with Gasteiger partial charge < -0.3 is 9.47 Å². The van der Waals surface area contributed by atoms with Crippen LogP contribution < -0.4 is 0 Å². The number of esters is 1. The fourth-order valence-electron chi connectivity index (χ4n) is 3.10. The molecule has 0 unspecified atom stereocenters. The number of ether oxygens (including phenoxy) is 2. The predicted molar refractivity (Wildman–Crippen MR) is 75.2 cm³/mol. The highest BCUT2D eigenvalue weighted by molar-refractivity contribution is 5.71. The van der Waals surface area contributed by atoms with Crippen LogP contribution in [0.2, 0.25) is 0 Å². The van der Waals surface area contributed by atoms with Crippen LogP contribution in [-0.4, -0.2) is 43.7 Å². The summed E-state index contributed by atoms with van der Waals surface area (Å²) in [5.41, 5.74) is 1.45. The molecular formula is C16H21NO3. The molecule has 2 saturated heterocycles. The van der Waals surface area contributed by atoms with Gasteiger partial charge in [-0.15, -0.1) is 0 Å². The highest BCUT2D eigenvalue weighted by Crippen LogP contribution is 2.39. The third kappa shape index (κ3) is 3.19. The van der Waals surface area contributed by atoms with Crippen molar-refractivity contribution in [2.75, 3.05) is 32.8 Å². The Labute approximate surface area is 119 Å². The average Bonchev–Trinajstić information content (AvgIpc) is 2.46. The summed E-state index contributed by atoms with van der Waals surface area (Å²) in [4.78, 5) is 14.0. The summed E-state index contributed by atoms with van der Waals surface area (Å²) < 4.78 is 10.7. The molecule has 1 spiro atoms. The second-order valence-electron chi connectivity index (χ2n) is 5.90. The van der Waals surface area contributed by atoms with Gasteiger partial charge in [0, 0.05) is 31.7 Å². The fourth-order valence-corrected chi connectivity index (χ4v) is 3.10. The van der Waals surface area contributed by atoms with Crippen LogP contribution in [0.15, 0.2) is 30.3 Å². The molecule has 20 heavy (non-hydrogen) atoms. The quantitative estimate of drug-likeness (QED) is 0.786. The van der Waals surface area contributed by atoms with E-state index in [9.17, 15) is 4.79 Å². The molecule has 0 N–H and O–H groups in total. The van der Waals surface area contributed by atoms with Crippen LogP contribution in [-0.2, 0) is 20.9 Å². The Morgan fingerprint density at radius 1 is 1.20 bits per heavy atom. The molecule has 0 saturated carbocycles. The van der Waals surface area contributed by atoms with Crippen molar-refractivity contribution < 1.29 is 14.3 Å². The molecule has 0 amide bonds. The minimum Gasteiger partial charge on any atom is -0.460 e. The monoisotopic (exact) mass is 275 g/mol. The first kappa shape index (κ1) is 13.6. The Hall–Kier alpha value is -1.39. The van der Waals surface area contributed by atoms with Gasteiger partial charge in [0.2, 0.25) is 0 Å². The SMILES string of the molecule is O=C(CN1CC2(CCOCC2)C1)OCc1ccccc1. The lowest BCUT2D eigenvalue weighted by molar-refractivity contribution is -0.152. The summed E-state index contributed by atoms with van der Waals surface area (Å²) in [6.45, 7) is 4.54. The van der Waals surface area contributed by atoms with Crippen LogP contribution in [0, 0.1) is 5.41 Å². The second-order valence-corrected chi connectivity index (χ2v) is 5.90. The topological polar surface area (TPSA) is 38.8 Å². The highest BCUT2D eigenvalue weighted by atomic mass is 16.5. The maximum Gasteiger partial charge on any atom is 0.320 e. The third-order valence-electron chi connectivity index (χ3n) is 4.27. The van der Waals surface area contributed by atoms with Crippen molar-refractivity contribution in [2.24, 2.45) is 5.41 Å². The lowest BCUT2D eigenvalue weighted by atomic mass is 9.73. The minimum atomic E-state index is -0.129. The Morgan fingerprint density at radius 3 is 2.60 bits per heavy atom. The largest absolute Gasteiger partial charge is 0.460 e. The van der Waals surface area contributed by atoms with Gasteiger partial charge in [0.25, 0.3) is 0 Å². The van der Waals surface area contributed by atoms with Crippen LogP contribution in [0.4, 0.5) is 0 Å². The fraction of sp³-hybridized carbons (Fsp3) is 0.562. The number of carbonyl (C=O) groups is 1. The number of likely N-dealkylation sites (tertiary alicyclic amines) is 1. The lowest BCUT2D eigenvalue weighted by Crippen LogP contribution is -2.59. The van der Waals surface area contributed by atoms with E-state index >= 15 is 0 Å².